The number of ketones is 1. The van der Waals surface area contributed by atoms with Crippen LogP contribution in [0.1, 0.15) is 21.7 Å². The molecule has 4 aromatic rings. The van der Waals surface area contributed by atoms with Crippen molar-refractivity contribution in [2.75, 3.05) is 6.26 Å². The first-order chi connectivity index (χ1) is 13.5. The second-order valence-electron chi connectivity index (χ2n) is 6.61. The fourth-order valence-corrected chi connectivity index (χ4v) is 3.94. The van der Waals surface area contributed by atoms with Gasteiger partial charge in [0.25, 0.3) is 0 Å². The molecule has 0 unspecified atom stereocenters. The van der Waals surface area contributed by atoms with Crippen LogP contribution in [-0.4, -0.2) is 30.8 Å². The van der Waals surface area contributed by atoms with Crippen LogP contribution in [0.2, 0.25) is 0 Å². The van der Waals surface area contributed by atoms with Crippen LogP contribution in [0.3, 0.4) is 0 Å². The Morgan fingerprint density at radius 1 is 1.11 bits per heavy atom. The molecular formula is C21H20N4O2S. The minimum absolute atomic E-state index is 0.0876. The molecule has 0 amide bonds. The number of hydrogen-bond donors (Lipinski definition) is 0. The second kappa shape index (κ2) is 7.16. The topological polar surface area (TPSA) is 61.3 Å². The SMILES string of the molecule is CSc1cccc(-n2c(C)cc(C(=O)Cn3nc4ccccn4c3=O)c2C)c1. The number of carbonyl (C=O) groups excluding carboxylic acids is 1. The van der Waals surface area contributed by atoms with Crippen LogP contribution in [-0.2, 0) is 6.54 Å². The molecule has 1 aromatic carbocycles. The molecule has 3 aromatic heterocycles. The maximum atomic E-state index is 13.0. The van der Waals surface area contributed by atoms with Crippen LogP contribution < -0.4 is 5.69 Å². The van der Waals surface area contributed by atoms with Crippen LogP contribution >= 0.6 is 11.8 Å². The van der Waals surface area contributed by atoms with E-state index >= 15 is 0 Å². The molecule has 142 valence electrons. The van der Waals surface area contributed by atoms with Crippen molar-refractivity contribution >= 4 is 23.2 Å². The van der Waals surface area contributed by atoms with Crippen LogP contribution in [0, 0.1) is 13.8 Å². The number of aryl methyl sites for hydroxylation is 1. The highest BCUT2D eigenvalue weighted by Crippen LogP contribution is 2.24. The van der Waals surface area contributed by atoms with Crippen molar-refractivity contribution in [3.8, 4) is 5.69 Å². The van der Waals surface area contributed by atoms with E-state index in [2.05, 4.69) is 21.8 Å². The van der Waals surface area contributed by atoms with E-state index in [4.69, 9.17) is 0 Å². The maximum absolute atomic E-state index is 13.0. The molecule has 0 bridgehead atoms. The largest absolute Gasteiger partial charge is 0.350 e. The summed E-state index contributed by atoms with van der Waals surface area (Å²) in [6.07, 6.45) is 3.69. The van der Waals surface area contributed by atoms with E-state index < -0.39 is 0 Å². The van der Waals surface area contributed by atoms with Gasteiger partial charge < -0.3 is 4.57 Å². The zero-order chi connectivity index (χ0) is 19.8. The number of pyridine rings is 1. The van der Waals surface area contributed by atoms with Gasteiger partial charge in [0, 0.05) is 33.7 Å². The Kier molecular flexibility index (Phi) is 4.68. The number of rotatable bonds is 5. The fraction of sp³-hybridized carbons (Fsp3) is 0.190. The van der Waals surface area contributed by atoms with Crippen molar-refractivity contribution in [3.63, 3.8) is 0 Å². The van der Waals surface area contributed by atoms with Gasteiger partial charge in [0.05, 0.1) is 0 Å². The molecule has 0 spiro atoms. The van der Waals surface area contributed by atoms with Crippen LogP contribution in [0.4, 0.5) is 0 Å². The lowest BCUT2D eigenvalue weighted by atomic mass is 10.1. The Balaban J connectivity index is 1.70. The van der Waals surface area contributed by atoms with Crippen molar-refractivity contribution < 1.29 is 4.79 Å². The number of Topliss-reactive ketones (excluding diaryl/α,β-unsaturated/α-hetero) is 1. The molecule has 0 fully saturated rings. The molecule has 6 nitrogen and oxygen atoms in total. The highest BCUT2D eigenvalue weighted by Gasteiger charge is 2.19. The van der Waals surface area contributed by atoms with E-state index in [1.54, 1.807) is 30.1 Å². The molecule has 0 aliphatic heterocycles. The van der Waals surface area contributed by atoms with Gasteiger partial charge in [-0.15, -0.1) is 16.9 Å². The number of aromatic nitrogens is 4. The Morgan fingerprint density at radius 2 is 1.93 bits per heavy atom. The molecule has 0 radical (unpaired) electrons. The average molecular weight is 392 g/mol. The number of fused-ring (bicyclic) bond motifs is 1. The molecule has 0 saturated carbocycles. The Morgan fingerprint density at radius 3 is 2.68 bits per heavy atom. The average Bonchev–Trinajstić information content (AvgIpc) is 3.18. The molecule has 0 atom stereocenters. The third kappa shape index (κ3) is 3.07. The van der Waals surface area contributed by atoms with E-state index in [1.807, 2.05) is 44.4 Å². The summed E-state index contributed by atoms with van der Waals surface area (Å²) in [6, 6.07) is 15.4. The summed E-state index contributed by atoms with van der Waals surface area (Å²) in [4.78, 5) is 26.6. The number of hydrogen-bond acceptors (Lipinski definition) is 4. The van der Waals surface area contributed by atoms with Gasteiger partial charge in [0.2, 0.25) is 0 Å². The van der Waals surface area contributed by atoms with Gasteiger partial charge in [0.1, 0.15) is 6.54 Å². The molecule has 0 saturated heterocycles. The second-order valence-corrected chi connectivity index (χ2v) is 7.49. The smallest absolute Gasteiger partial charge is 0.318 e. The molecule has 28 heavy (non-hydrogen) atoms. The van der Waals surface area contributed by atoms with Gasteiger partial charge in [-0.1, -0.05) is 12.1 Å². The highest BCUT2D eigenvalue weighted by atomic mass is 32.2. The third-order valence-electron chi connectivity index (χ3n) is 4.82. The lowest BCUT2D eigenvalue weighted by Crippen LogP contribution is -2.25. The maximum Gasteiger partial charge on any atom is 0.350 e. The van der Waals surface area contributed by atoms with Gasteiger partial charge in [-0.05, 0) is 56.5 Å². The molecule has 0 aliphatic carbocycles. The monoisotopic (exact) mass is 392 g/mol. The first-order valence-corrected chi connectivity index (χ1v) is 10.1. The van der Waals surface area contributed by atoms with E-state index in [-0.39, 0.29) is 18.0 Å². The minimum Gasteiger partial charge on any atom is -0.318 e. The first-order valence-electron chi connectivity index (χ1n) is 8.90. The summed E-state index contributed by atoms with van der Waals surface area (Å²) in [7, 11) is 0. The Labute approximate surface area is 166 Å². The summed E-state index contributed by atoms with van der Waals surface area (Å²) >= 11 is 1.68. The summed E-state index contributed by atoms with van der Waals surface area (Å²) in [5, 5.41) is 4.25. The predicted octanol–water partition coefficient (Wildman–Crippen LogP) is 3.51. The first kappa shape index (κ1) is 18.3. The van der Waals surface area contributed by atoms with Crippen LogP contribution in [0.25, 0.3) is 11.3 Å². The van der Waals surface area contributed by atoms with Gasteiger partial charge >= 0.3 is 5.69 Å². The quantitative estimate of drug-likeness (QED) is 0.385. The molecular weight excluding hydrogens is 372 g/mol. The fourth-order valence-electron chi connectivity index (χ4n) is 3.48. The number of thioether (sulfide) groups is 1. The van der Waals surface area contributed by atoms with Crippen molar-refractivity contribution in [3.05, 3.63) is 82.2 Å². The molecule has 0 N–H and O–H groups in total. The predicted molar refractivity (Wildman–Crippen MR) is 111 cm³/mol. The molecule has 0 aliphatic rings. The molecule has 4 rings (SSSR count). The van der Waals surface area contributed by atoms with E-state index in [0.29, 0.717) is 11.2 Å². The lowest BCUT2D eigenvalue weighted by molar-refractivity contribution is 0.0965. The van der Waals surface area contributed by atoms with E-state index in [0.717, 1.165) is 22.0 Å². The van der Waals surface area contributed by atoms with Crippen LogP contribution in [0.5, 0.6) is 0 Å². The zero-order valence-corrected chi connectivity index (χ0v) is 16.7. The van der Waals surface area contributed by atoms with Crippen molar-refractivity contribution in [2.24, 2.45) is 0 Å². The Bertz CT molecular complexity index is 1250. The van der Waals surface area contributed by atoms with Gasteiger partial charge in [0.15, 0.2) is 11.4 Å². The van der Waals surface area contributed by atoms with Crippen molar-refractivity contribution in [1.82, 2.24) is 18.7 Å². The number of benzene rings is 1. The van der Waals surface area contributed by atoms with E-state index in [9.17, 15) is 9.59 Å². The highest BCUT2D eigenvalue weighted by molar-refractivity contribution is 7.98. The standard InChI is InChI=1S/C21H20N4O2S/c1-14-11-18(15(2)25(14)16-7-6-8-17(12-16)28-3)19(26)13-24-21(27)23-10-5-4-9-20(23)22-24/h4-12H,13H2,1-3H3. The minimum atomic E-state index is -0.314. The molecule has 7 heteroatoms. The third-order valence-corrected chi connectivity index (χ3v) is 5.55. The lowest BCUT2D eigenvalue weighted by Gasteiger charge is -2.11. The van der Waals surface area contributed by atoms with Gasteiger partial charge in [-0.25, -0.2) is 9.48 Å². The summed E-state index contributed by atoms with van der Waals surface area (Å²) in [5.74, 6) is -0.133. The van der Waals surface area contributed by atoms with Crippen LogP contribution in [0.15, 0.2) is 64.4 Å². The number of carbonyl (C=O) groups is 1. The molecule has 3 heterocycles. The zero-order valence-electron chi connectivity index (χ0n) is 15.9. The van der Waals surface area contributed by atoms with Crippen molar-refractivity contribution in [2.45, 2.75) is 25.3 Å². The normalized spacial score (nSPS) is 11.2. The van der Waals surface area contributed by atoms with Gasteiger partial charge in [-0.2, -0.15) is 0 Å². The Hall–Kier alpha value is -3.06. The summed E-state index contributed by atoms with van der Waals surface area (Å²) in [6.45, 7) is 3.82. The summed E-state index contributed by atoms with van der Waals surface area (Å²) < 4.78 is 4.72. The van der Waals surface area contributed by atoms with E-state index in [1.165, 1.54) is 9.08 Å². The summed E-state index contributed by atoms with van der Waals surface area (Å²) in [5.41, 5.74) is 3.67. The number of nitrogens with zero attached hydrogens (tertiary/aromatic N) is 4. The van der Waals surface area contributed by atoms with Gasteiger partial charge in [-0.3, -0.25) is 9.20 Å². The van der Waals surface area contributed by atoms with Crippen molar-refractivity contribution in [1.29, 1.82) is 0 Å².